The van der Waals surface area contributed by atoms with E-state index in [0.29, 0.717) is 35.8 Å². The molecule has 216 valence electrons. The number of rotatable bonds is 14. The summed E-state index contributed by atoms with van der Waals surface area (Å²) in [6.45, 7) is 23.3. The molecule has 0 fully saturated rings. The molecule has 0 spiro atoms. The van der Waals surface area contributed by atoms with Gasteiger partial charge in [-0.25, -0.2) is 30.0 Å². The first-order valence-corrected chi connectivity index (χ1v) is 18.0. The third kappa shape index (κ3) is 23.9. The summed E-state index contributed by atoms with van der Waals surface area (Å²) in [5, 5.41) is -0.768. The van der Waals surface area contributed by atoms with Crippen molar-refractivity contribution in [2.45, 2.75) is 125 Å². The van der Waals surface area contributed by atoms with Crippen molar-refractivity contribution in [2.24, 2.45) is 17.8 Å². The molecule has 1 N–H and O–H groups in total. The normalized spacial score (nSPS) is 12.9. The number of hydrogen-bond donors (Lipinski definition) is 1. The van der Waals surface area contributed by atoms with Gasteiger partial charge in [0.15, 0.2) is 19.7 Å². The minimum Gasteiger partial charge on any atom is -0.229 e. The molecule has 0 atom stereocenters. The molecule has 0 aromatic carbocycles. The molecule has 0 bridgehead atoms. The van der Waals surface area contributed by atoms with Gasteiger partial charge >= 0.3 is 0 Å². The standard InChI is InChI=1S/C9H20O2S.C8H19NO2S.C8H18O2S/c1-8(2)6-5-7-12(10,11)9(3)4;1-7(2)5-6-9-12(10,11)8(3)4;1-7(2)5-6-11(9,10)8(3)4/h8-9H,5-7H2,1-4H3;7-9H,5-6H2,1-4H3;7-8H,5-6H2,1-4H3. The van der Waals surface area contributed by atoms with E-state index < -0.39 is 29.7 Å². The van der Waals surface area contributed by atoms with Crippen molar-refractivity contribution >= 4 is 29.7 Å². The average Bonchev–Trinajstić information content (AvgIpc) is 2.66. The van der Waals surface area contributed by atoms with Crippen LogP contribution in [0.4, 0.5) is 0 Å². The molecule has 0 saturated carbocycles. The Kier molecular flexibility index (Phi) is 21.3. The molecular formula is C25H57NO6S3. The predicted molar refractivity (Wildman–Crippen MR) is 153 cm³/mol. The van der Waals surface area contributed by atoms with Gasteiger partial charge in [-0.2, -0.15) is 0 Å². The van der Waals surface area contributed by atoms with E-state index in [2.05, 4.69) is 32.4 Å². The van der Waals surface area contributed by atoms with Crippen molar-refractivity contribution in [1.29, 1.82) is 0 Å². The molecule has 0 aliphatic rings. The van der Waals surface area contributed by atoms with Gasteiger partial charge in [-0.05, 0) is 78.6 Å². The van der Waals surface area contributed by atoms with Crippen molar-refractivity contribution < 1.29 is 25.3 Å². The lowest BCUT2D eigenvalue weighted by molar-refractivity contribution is 0.546. The second kappa shape index (κ2) is 19.0. The van der Waals surface area contributed by atoms with Crippen LogP contribution in [-0.2, 0) is 29.7 Å². The van der Waals surface area contributed by atoms with E-state index in [1.165, 1.54) is 0 Å². The molecule has 0 heterocycles. The van der Waals surface area contributed by atoms with E-state index in [0.717, 1.165) is 25.7 Å². The minimum atomic E-state index is -3.04. The topological polar surface area (TPSA) is 114 Å². The monoisotopic (exact) mass is 563 g/mol. The van der Waals surface area contributed by atoms with Crippen molar-refractivity contribution in [1.82, 2.24) is 4.72 Å². The zero-order valence-electron chi connectivity index (χ0n) is 24.6. The first-order chi connectivity index (χ1) is 15.6. The van der Waals surface area contributed by atoms with Gasteiger partial charge in [0.1, 0.15) is 0 Å². The van der Waals surface area contributed by atoms with Crippen molar-refractivity contribution in [3.8, 4) is 0 Å². The van der Waals surface area contributed by atoms with E-state index in [1.807, 2.05) is 13.8 Å². The van der Waals surface area contributed by atoms with Gasteiger partial charge in [-0.1, -0.05) is 48.0 Å². The third-order valence-corrected chi connectivity index (χ3v) is 11.7. The smallest absolute Gasteiger partial charge is 0.213 e. The fourth-order valence-electron chi connectivity index (χ4n) is 2.22. The largest absolute Gasteiger partial charge is 0.229 e. The van der Waals surface area contributed by atoms with Gasteiger partial charge in [-0.15, -0.1) is 0 Å². The van der Waals surface area contributed by atoms with Crippen LogP contribution >= 0.6 is 0 Å². The molecule has 0 radical (unpaired) electrons. The number of sulfone groups is 2. The Hall–Kier alpha value is -0.190. The summed E-state index contributed by atoms with van der Waals surface area (Å²) in [6, 6.07) is 0. The van der Waals surface area contributed by atoms with E-state index >= 15 is 0 Å². The Bertz CT molecular complexity index is 778. The van der Waals surface area contributed by atoms with Gasteiger partial charge in [0.25, 0.3) is 0 Å². The van der Waals surface area contributed by atoms with Crippen LogP contribution in [0, 0.1) is 17.8 Å². The average molecular weight is 564 g/mol. The van der Waals surface area contributed by atoms with E-state index in [9.17, 15) is 25.3 Å². The van der Waals surface area contributed by atoms with Crippen LogP contribution in [-0.4, -0.2) is 59.1 Å². The maximum absolute atomic E-state index is 11.3. The number of sulfonamides is 1. The van der Waals surface area contributed by atoms with E-state index in [-0.39, 0.29) is 15.7 Å². The van der Waals surface area contributed by atoms with Crippen molar-refractivity contribution in [3.63, 3.8) is 0 Å². The van der Waals surface area contributed by atoms with Crippen molar-refractivity contribution in [2.75, 3.05) is 18.1 Å². The highest BCUT2D eigenvalue weighted by atomic mass is 32.2. The first kappa shape index (κ1) is 39.3. The zero-order valence-corrected chi connectivity index (χ0v) is 27.0. The molecule has 0 aromatic rings. The first-order valence-electron chi connectivity index (χ1n) is 13.0. The molecule has 7 nitrogen and oxygen atoms in total. The lowest BCUT2D eigenvalue weighted by Gasteiger charge is -2.10. The van der Waals surface area contributed by atoms with Gasteiger partial charge in [-0.3, -0.25) is 0 Å². The molecule has 10 heteroatoms. The fraction of sp³-hybridized carbons (Fsp3) is 1.00. The summed E-state index contributed by atoms with van der Waals surface area (Å²) in [4.78, 5) is 0. The van der Waals surface area contributed by atoms with Crippen LogP contribution < -0.4 is 4.72 Å². The molecule has 0 rings (SSSR count). The molecule has 0 amide bonds. The van der Waals surface area contributed by atoms with Gasteiger partial charge < -0.3 is 0 Å². The number of nitrogens with one attached hydrogen (secondary N) is 1. The molecular weight excluding hydrogens is 506 g/mol. The highest BCUT2D eigenvalue weighted by Crippen LogP contribution is 2.09. The Balaban J connectivity index is -0.000000439. The van der Waals surface area contributed by atoms with Gasteiger partial charge in [0.05, 0.1) is 27.3 Å². The third-order valence-electron chi connectivity index (χ3n) is 5.27. The Labute approximate surface area is 219 Å². The molecule has 0 unspecified atom stereocenters. The van der Waals surface area contributed by atoms with Crippen LogP contribution in [0.5, 0.6) is 0 Å². The Morgan fingerprint density at radius 3 is 1.17 bits per heavy atom. The summed E-state index contributed by atoms with van der Waals surface area (Å²) in [6.07, 6.45) is 3.48. The molecule has 0 aliphatic heterocycles. The minimum absolute atomic E-state index is 0.218. The van der Waals surface area contributed by atoms with Crippen LogP contribution in [0.15, 0.2) is 0 Å². The summed E-state index contributed by atoms with van der Waals surface area (Å²) in [7, 11) is -8.63. The fourth-order valence-corrected chi connectivity index (χ4v) is 5.27. The van der Waals surface area contributed by atoms with E-state index in [1.54, 1.807) is 41.5 Å². The van der Waals surface area contributed by atoms with Crippen LogP contribution in [0.2, 0.25) is 0 Å². The lowest BCUT2D eigenvalue weighted by Crippen LogP contribution is -2.31. The van der Waals surface area contributed by atoms with Gasteiger partial charge in [0.2, 0.25) is 10.0 Å². The summed E-state index contributed by atoms with van der Waals surface area (Å²) < 4.78 is 70.1. The van der Waals surface area contributed by atoms with Crippen LogP contribution in [0.25, 0.3) is 0 Å². The van der Waals surface area contributed by atoms with Gasteiger partial charge in [0, 0.05) is 6.54 Å². The second-order valence-electron chi connectivity index (χ2n) is 11.2. The maximum Gasteiger partial charge on any atom is 0.213 e. The van der Waals surface area contributed by atoms with Crippen LogP contribution in [0.1, 0.15) is 109 Å². The summed E-state index contributed by atoms with van der Waals surface area (Å²) in [5.41, 5.74) is 0. The zero-order chi connectivity index (χ0) is 28.6. The second-order valence-corrected chi connectivity index (χ2v) is 18.9. The quantitative estimate of drug-likeness (QED) is 0.300. The number of hydrogen-bond acceptors (Lipinski definition) is 6. The lowest BCUT2D eigenvalue weighted by atomic mass is 10.1. The summed E-state index contributed by atoms with van der Waals surface area (Å²) in [5.74, 6) is 2.31. The highest BCUT2D eigenvalue weighted by molar-refractivity contribution is 7.92. The maximum atomic E-state index is 11.3. The molecule has 35 heavy (non-hydrogen) atoms. The van der Waals surface area contributed by atoms with Crippen LogP contribution in [0.3, 0.4) is 0 Å². The highest BCUT2D eigenvalue weighted by Gasteiger charge is 2.16. The molecule has 0 aromatic heterocycles. The Morgan fingerprint density at radius 2 is 0.857 bits per heavy atom. The molecule has 0 saturated heterocycles. The van der Waals surface area contributed by atoms with Crippen molar-refractivity contribution in [3.05, 3.63) is 0 Å². The van der Waals surface area contributed by atoms with E-state index in [4.69, 9.17) is 0 Å². The SMILES string of the molecule is CC(C)CCCS(=O)(=O)C(C)C.CC(C)CCNS(=O)(=O)C(C)C.CC(C)CCS(=O)(=O)C(C)C. The molecule has 0 aliphatic carbocycles. The predicted octanol–water partition coefficient (Wildman–Crippen LogP) is 5.46. The summed E-state index contributed by atoms with van der Waals surface area (Å²) >= 11 is 0. The Morgan fingerprint density at radius 1 is 0.486 bits per heavy atom.